The second kappa shape index (κ2) is 10.6. The molecule has 0 radical (unpaired) electrons. The third-order valence-electron chi connectivity index (χ3n) is 4.30. The van der Waals surface area contributed by atoms with E-state index in [0.717, 1.165) is 16.8 Å². The van der Waals surface area contributed by atoms with Gasteiger partial charge in [-0.05, 0) is 56.0 Å². The summed E-state index contributed by atoms with van der Waals surface area (Å²) in [4.78, 5) is 17.4. The molecule has 0 saturated heterocycles. The van der Waals surface area contributed by atoms with Gasteiger partial charge in [-0.15, -0.1) is 0 Å². The normalized spacial score (nSPS) is 10.5. The van der Waals surface area contributed by atoms with Gasteiger partial charge in [-0.1, -0.05) is 6.07 Å². The molecule has 0 bridgehead atoms. The van der Waals surface area contributed by atoms with Crippen molar-refractivity contribution in [1.29, 1.82) is 0 Å². The van der Waals surface area contributed by atoms with Crippen molar-refractivity contribution in [2.45, 2.75) is 27.3 Å². The maximum absolute atomic E-state index is 12.9. The van der Waals surface area contributed by atoms with E-state index in [4.69, 9.17) is 14.2 Å². The first kappa shape index (κ1) is 21.6. The summed E-state index contributed by atoms with van der Waals surface area (Å²) >= 11 is 1.62. The van der Waals surface area contributed by atoms with Crippen LogP contribution < -0.4 is 19.5 Å². The van der Waals surface area contributed by atoms with E-state index >= 15 is 0 Å². The second-order valence-corrected chi connectivity index (χ2v) is 7.09. The average molecular weight is 427 g/mol. The van der Waals surface area contributed by atoms with Crippen molar-refractivity contribution >= 4 is 17.2 Å². The number of amides is 1. The molecule has 0 unspecified atom stereocenters. The van der Waals surface area contributed by atoms with Crippen LogP contribution in [0.25, 0.3) is 11.3 Å². The van der Waals surface area contributed by atoms with Crippen LogP contribution in [0.2, 0.25) is 0 Å². The number of ether oxygens (including phenoxy) is 3. The lowest BCUT2D eigenvalue weighted by molar-refractivity contribution is 0.0950. The Morgan fingerprint density at radius 1 is 1.03 bits per heavy atom. The molecule has 0 aliphatic heterocycles. The van der Waals surface area contributed by atoms with Crippen LogP contribution in [-0.2, 0) is 6.54 Å². The molecule has 2 heterocycles. The van der Waals surface area contributed by atoms with Gasteiger partial charge in [-0.25, -0.2) is 0 Å². The van der Waals surface area contributed by atoms with Crippen LogP contribution in [0, 0.1) is 0 Å². The van der Waals surface area contributed by atoms with Crippen LogP contribution >= 0.6 is 11.3 Å². The van der Waals surface area contributed by atoms with Crippen molar-refractivity contribution in [2.75, 3.05) is 19.8 Å². The highest BCUT2D eigenvalue weighted by molar-refractivity contribution is 7.08. The van der Waals surface area contributed by atoms with Gasteiger partial charge >= 0.3 is 0 Å². The van der Waals surface area contributed by atoms with Gasteiger partial charge in [0.1, 0.15) is 0 Å². The molecule has 3 rings (SSSR count). The van der Waals surface area contributed by atoms with Crippen LogP contribution in [0.15, 0.2) is 47.3 Å². The molecule has 0 atom stereocenters. The van der Waals surface area contributed by atoms with Crippen LogP contribution in [0.4, 0.5) is 0 Å². The van der Waals surface area contributed by atoms with Crippen molar-refractivity contribution in [3.63, 3.8) is 0 Å². The number of aromatic nitrogens is 1. The smallest absolute Gasteiger partial charge is 0.251 e. The summed E-state index contributed by atoms with van der Waals surface area (Å²) in [6, 6.07) is 9.24. The summed E-state index contributed by atoms with van der Waals surface area (Å²) in [5.74, 6) is 1.29. The molecule has 30 heavy (non-hydrogen) atoms. The van der Waals surface area contributed by atoms with Crippen LogP contribution in [0.5, 0.6) is 17.2 Å². The van der Waals surface area contributed by atoms with Gasteiger partial charge < -0.3 is 19.5 Å². The first-order valence-corrected chi connectivity index (χ1v) is 10.9. The van der Waals surface area contributed by atoms with Crippen LogP contribution in [0.3, 0.4) is 0 Å². The number of benzene rings is 1. The zero-order chi connectivity index (χ0) is 21.3. The van der Waals surface area contributed by atoms with E-state index in [1.165, 1.54) is 0 Å². The number of hydrogen-bond acceptors (Lipinski definition) is 6. The van der Waals surface area contributed by atoms with E-state index in [1.54, 1.807) is 29.7 Å². The number of pyridine rings is 1. The Bertz CT molecular complexity index is 946. The molecule has 1 amide bonds. The van der Waals surface area contributed by atoms with Gasteiger partial charge in [0, 0.05) is 29.2 Å². The SMILES string of the molecule is CCOc1cc(C(=O)NCc2cccnc2-c2ccsc2)cc(OCC)c1OCC. The number of thiophene rings is 1. The Morgan fingerprint density at radius 2 is 1.73 bits per heavy atom. The van der Waals surface area contributed by atoms with E-state index in [-0.39, 0.29) is 5.91 Å². The summed E-state index contributed by atoms with van der Waals surface area (Å²) in [6.45, 7) is 7.41. The highest BCUT2D eigenvalue weighted by Crippen LogP contribution is 2.39. The van der Waals surface area contributed by atoms with E-state index in [0.29, 0.717) is 49.2 Å². The molecular weight excluding hydrogens is 400 g/mol. The minimum atomic E-state index is -0.222. The molecule has 0 fully saturated rings. The maximum atomic E-state index is 12.9. The van der Waals surface area contributed by atoms with Gasteiger partial charge in [0.2, 0.25) is 5.75 Å². The predicted octanol–water partition coefficient (Wildman–Crippen LogP) is 4.94. The molecule has 3 aromatic rings. The predicted molar refractivity (Wildman–Crippen MR) is 119 cm³/mol. The second-order valence-electron chi connectivity index (χ2n) is 6.31. The van der Waals surface area contributed by atoms with Crippen molar-refractivity contribution in [3.8, 4) is 28.5 Å². The zero-order valence-electron chi connectivity index (χ0n) is 17.4. The molecule has 0 aliphatic carbocycles. The van der Waals surface area contributed by atoms with Crippen molar-refractivity contribution in [3.05, 3.63) is 58.4 Å². The monoisotopic (exact) mass is 426 g/mol. The molecule has 0 aliphatic rings. The standard InChI is InChI=1S/C23H26N2O4S/c1-4-27-19-12-18(13-20(28-5-2)22(19)29-6-3)23(26)25-14-16-8-7-10-24-21(16)17-9-11-30-15-17/h7-13,15H,4-6,14H2,1-3H3,(H,25,26). The van der Waals surface area contributed by atoms with Crippen molar-refractivity contribution in [2.24, 2.45) is 0 Å². The minimum Gasteiger partial charge on any atom is -0.490 e. The number of carbonyl (C=O) groups excluding carboxylic acids is 1. The zero-order valence-corrected chi connectivity index (χ0v) is 18.3. The fourth-order valence-electron chi connectivity index (χ4n) is 3.04. The van der Waals surface area contributed by atoms with E-state index in [9.17, 15) is 4.79 Å². The van der Waals surface area contributed by atoms with Gasteiger partial charge in [-0.3, -0.25) is 9.78 Å². The Morgan fingerprint density at radius 3 is 2.33 bits per heavy atom. The molecule has 7 heteroatoms. The Hall–Kier alpha value is -3.06. The van der Waals surface area contributed by atoms with Crippen LogP contribution in [0.1, 0.15) is 36.7 Å². The van der Waals surface area contributed by atoms with Gasteiger partial charge in [0.05, 0.1) is 25.5 Å². The number of rotatable bonds is 10. The van der Waals surface area contributed by atoms with Gasteiger partial charge in [0.15, 0.2) is 11.5 Å². The Kier molecular flexibility index (Phi) is 7.68. The summed E-state index contributed by atoms with van der Waals surface area (Å²) in [7, 11) is 0. The maximum Gasteiger partial charge on any atom is 0.251 e. The molecule has 2 aromatic heterocycles. The molecule has 0 saturated carbocycles. The van der Waals surface area contributed by atoms with Crippen molar-refractivity contribution in [1.82, 2.24) is 10.3 Å². The third-order valence-corrected chi connectivity index (χ3v) is 4.98. The fraction of sp³-hybridized carbons (Fsp3) is 0.304. The molecule has 0 spiro atoms. The van der Waals surface area contributed by atoms with E-state index < -0.39 is 0 Å². The lowest BCUT2D eigenvalue weighted by atomic mass is 10.1. The third kappa shape index (κ3) is 5.10. The largest absolute Gasteiger partial charge is 0.490 e. The minimum absolute atomic E-state index is 0.222. The highest BCUT2D eigenvalue weighted by atomic mass is 32.1. The summed E-state index contributed by atoms with van der Waals surface area (Å²) in [6.07, 6.45) is 1.76. The molecule has 6 nitrogen and oxygen atoms in total. The summed E-state index contributed by atoms with van der Waals surface area (Å²) in [5.41, 5.74) is 3.32. The average Bonchev–Trinajstić information content (AvgIpc) is 3.29. The first-order valence-electron chi connectivity index (χ1n) is 9.98. The number of nitrogens with zero attached hydrogens (tertiary/aromatic N) is 1. The Labute approximate surface area is 180 Å². The lowest BCUT2D eigenvalue weighted by Gasteiger charge is -2.17. The van der Waals surface area contributed by atoms with Gasteiger partial charge in [0.25, 0.3) is 5.91 Å². The molecular formula is C23H26N2O4S. The lowest BCUT2D eigenvalue weighted by Crippen LogP contribution is -2.23. The fourth-order valence-corrected chi connectivity index (χ4v) is 3.68. The number of carbonyl (C=O) groups is 1. The number of nitrogens with one attached hydrogen (secondary N) is 1. The van der Waals surface area contributed by atoms with E-state index in [1.807, 2.05) is 49.7 Å². The summed E-state index contributed by atoms with van der Waals surface area (Å²) < 4.78 is 17.1. The Balaban J connectivity index is 1.83. The molecule has 1 N–H and O–H groups in total. The molecule has 1 aromatic carbocycles. The highest BCUT2D eigenvalue weighted by Gasteiger charge is 2.18. The van der Waals surface area contributed by atoms with E-state index in [2.05, 4.69) is 10.3 Å². The van der Waals surface area contributed by atoms with Crippen LogP contribution in [-0.4, -0.2) is 30.7 Å². The first-order chi connectivity index (χ1) is 14.7. The van der Waals surface area contributed by atoms with Crippen molar-refractivity contribution < 1.29 is 19.0 Å². The molecule has 158 valence electrons. The topological polar surface area (TPSA) is 69.7 Å². The summed E-state index contributed by atoms with van der Waals surface area (Å²) in [5, 5.41) is 7.04. The quantitative estimate of drug-likeness (QED) is 0.497. The van der Waals surface area contributed by atoms with Gasteiger partial charge in [-0.2, -0.15) is 11.3 Å². The number of hydrogen-bond donors (Lipinski definition) is 1.